The van der Waals surface area contributed by atoms with Gasteiger partial charge in [0.05, 0.1) is 0 Å². The third kappa shape index (κ3) is 2.47. The number of ketones is 2. The highest BCUT2D eigenvalue weighted by Gasteiger charge is 2.44. The SMILES string of the molecule is CCCC(=O)C1C(C)C(=O)CCC1(C)C. The van der Waals surface area contributed by atoms with E-state index in [0.717, 1.165) is 12.8 Å². The highest BCUT2D eigenvalue weighted by atomic mass is 16.1. The van der Waals surface area contributed by atoms with Gasteiger partial charge in [-0.2, -0.15) is 0 Å². The summed E-state index contributed by atoms with van der Waals surface area (Å²) in [6, 6.07) is 0. The molecule has 0 bridgehead atoms. The van der Waals surface area contributed by atoms with Gasteiger partial charge in [0.25, 0.3) is 0 Å². The Morgan fingerprint density at radius 1 is 1.47 bits per heavy atom. The summed E-state index contributed by atoms with van der Waals surface area (Å²) in [5, 5.41) is 0. The minimum absolute atomic E-state index is 0.000417. The first-order valence-electron chi connectivity index (χ1n) is 5.95. The van der Waals surface area contributed by atoms with E-state index in [1.807, 2.05) is 13.8 Å². The van der Waals surface area contributed by atoms with E-state index in [0.29, 0.717) is 12.8 Å². The summed E-state index contributed by atoms with van der Waals surface area (Å²) in [5.74, 6) is 0.415. The molecule has 2 unspecified atom stereocenters. The first kappa shape index (κ1) is 12.4. The van der Waals surface area contributed by atoms with E-state index in [1.165, 1.54) is 0 Å². The van der Waals surface area contributed by atoms with Gasteiger partial charge in [0.15, 0.2) is 0 Å². The second kappa shape index (κ2) is 4.46. The van der Waals surface area contributed by atoms with Gasteiger partial charge in [0.2, 0.25) is 0 Å². The molecular weight excluding hydrogens is 188 g/mol. The van der Waals surface area contributed by atoms with E-state index >= 15 is 0 Å². The summed E-state index contributed by atoms with van der Waals surface area (Å²) in [4.78, 5) is 23.7. The standard InChI is InChI=1S/C13H22O2/c1-5-6-11(15)12-9(2)10(14)7-8-13(12,3)4/h9,12H,5-8H2,1-4H3. The molecule has 2 heteroatoms. The van der Waals surface area contributed by atoms with Crippen LogP contribution in [-0.2, 0) is 9.59 Å². The minimum atomic E-state index is -0.0761. The molecule has 1 rings (SSSR count). The number of carbonyl (C=O) groups is 2. The summed E-state index contributed by atoms with van der Waals surface area (Å²) >= 11 is 0. The molecule has 0 radical (unpaired) electrons. The molecule has 0 saturated heterocycles. The van der Waals surface area contributed by atoms with Crippen LogP contribution in [0.4, 0.5) is 0 Å². The Balaban J connectivity index is 2.88. The second-order valence-corrected chi connectivity index (χ2v) is 5.44. The molecule has 2 atom stereocenters. The lowest BCUT2D eigenvalue weighted by Gasteiger charge is -2.41. The van der Waals surface area contributed by atoms with E-state index in [4.69, 9.17) is 0 Å². The van der Waals surface area contributed by atoms with Crippen LogP contribution in [0.15, 0.2) is 0 Å². The van der Waals surface area contributed by atoms with Crippen LogP contribution in [-0.4, -0.2) is 11.6 Å². The maximum atomic E-state index is 12.0. The average Bonchev–Trinajstić information content (AvgIpc) is 2.12. The molecular formula is C13H22O2. The van der Waals surface area contributed by atoms with Crippen LogP contribution in [0.25, 0.3) is 0 Å². The van der Waals surface area contributed by atoms with Gasteiger partial charge < -0.3 is 0 Å². The van der Waals surface area contributed by atoms with Crippen LogP contribution in [0, 0.1) is 17.3 Å². The van der Waals surface area contributed by atoms with Crippen molar-refractivity contribution in [1.29, 1.82) is 0 Å². The number of rotatable bonds is 3. The van der Waals surface area contributed by atoms with Gasteiger partial charge >= 0.3 is 0 Å². The Bertz CT molecular complexity index is 266. The van der Waals surface area contributed by atoms with Gasteiger partial charge in [-0.15, -0.1) is 0 Å². The monoisotopic (exact) mass is 210 g/mol. The van der Waals surface area contributed by atoms with E-state index in [-0.39, 0.29) is 28.8 Å². The predicted octanol–water partition coefficient (Wildman–Crippen LogP) is 3.00. The molecule has 86 valence electrons. The molecule has 1 fully saturated rings. The number of hydrogen-bond donors (Lipinski definition) is 0. The smallest absolute Gasteiger partial charge is 0.137 e. The molecule has 0 aromatic heterocycles. The maximum Gasteiger partial charge on any atom is 0.137 e. The van der Waals surface area contributed by atoms with Crippen molar-refractivity contribution < 1.29 is 9.59 Å². The summed E-state index contributed by atoms with van der Waals surface area (Å²) in [7, 11) is 0. The predicted molar refractivity (Wildman–Crippen MR) is 60.6 cm³/mol. The molecule has 0 aromatic carbocycles. The Morgan fingerprint density at radius 2 is 2.07 bits per heavy atom. The average molecular weight is 210 g/mol. The van der Waals surface area contributed by atoms with Crippen molar-refractivity contribution in [3.8, 4) is 0 Å². The first-order valence-corrected chi connectivity index (χ1v) is 5.95. The zero-order valence-electron chi connectivity index (χ0n) is 10.3. The Morgan fingerprint density at radius 3 is 2.60 bits per heavy atom. The fourth-order valence-corrected chi connectivity index (χ4v) is 2.81. The second-order valence-electron chi connectivity index (χ2n) is 5.44. The minimum Gasteiger partial charge on any atom is -0.299 e. The van der Waals surface area contributed by atoms with E-state index in [1.54, 1.807) is 0 Å². The first-order chi connectivity index (χ1) is 6.90. The molecule has 1 saturated carbocycles. The van der Waals surface area contributed by atoms with Gasteiger partial charge in [-0.3, -0.25) is 9.59 Å². The summed E-state index contributed by atoms with van der Waals surface area (Å²) in [5.41, 5.74) is -0.000417. The lowest BCUT2D eigenvalue weighted by Crippen LogP contribution is -2.43. The molecule has 0 amide bonds. The lowest BCUT2D eigenvalue weighted by atomic mass is 9.61. The quantitative estimate of drug-likeness (QED) is 0.717. The molecule has 1 aliphatic carbocycles. The van der Waals surface area contributed by atoms with Crippen LogP contribution in [0.3, 0.4) is 0 Å². The highest BCUT2D eigenvalue weighted by molar-refractivity contribution is 5.91. The number of carbonyl (C=O) groups excluding carboxylic acids is 2. The Hall–Kier alpha value is -0.660. The van der Waals surface area contributed by atoms with Gasteiger partial charge in [-0.05, 0) is 18.3 Å². The van der Waals surface area contributed by atoms with Crippen molar-refractivity contribution in [1.82, 2.24) is 0 Å². The van der Waals surface area contributed by atoms with E-state index in [2.05, 4.69) is 13.8 Å². The molecule has 15 heavy (non-hydrogen) atoms. The van der Waals surface area contributed by atoms with Crippen molar-refractivity contribution in [3.63, 3.8) is 0 Å². The molecule has 0 spiro atoms. The van der Waals surface area contributed by atoms with Crippen molar-refractivity contribution in [2.75, 3.05) is 0 Å². The van der Waals surface area contributed by atoms with E-state index in [9.17, 15) is 9.59 Å². The van der Waals surface area contributed by atoms with Crippen LogP contribution in [0.2, 0.25) is 0 Å². The van der Waals surface area contributed by atoms with Crippen LogP contribution in [0.1, 0.15) is 53.4 Å². The van der Waals surface area contributed by atoms with E-state index < -0.39 is 0 Å². The number of hydrogen-bond acceptors (Lipinski definition) is 2. The third-order valence-corrected chi connectivity index (χ3v) is 3.71. The molecule has 0 heterocycles. The maximum absolute atomic E-state index is 12.0. The molecule has 0 N–H and O–H groups in total. The summed E-state index contributed by atoms with van der Waals surface area (Å²) in [6.07, 6.45) is 3.00. The third-order valence-electron chi connectivity index (χ3n) is 3.71. The van der Waals surface area contributed by atoms with Crippen molar-refractivity contribution in [2.45, 2.75) is 53.4 Å². The summed E-state index contributed by atoms with van der Waals surface area (Å²) < 4.78 is 0. The Labute approximate surface area is 92.4 Å². The van der Waals surface area contributed by atoms with Crippen molar-refractivity contribution in [2.24, 2.45) is 17.3 Å². The molecule has 2 nitrogen and oxygen atoms in total. The number of Topliss-reactive ketones (excluding diaryl/α,β-unsaturated/α-hetero) is 2. The normalized spacial score (nSPS) is 30.3. The summed E-state index contributed by atoms with van der Waals surface area (Å²) in [6.45, 7) is 8.17. The fourth-order valence-electron chi connectivity index (χ4n) is 2.81. The Kier molecular flexibility index (Phi) is 3.69. The molecule has 1 aliphatic rings. The van der Waals surface area contributed by atoms with Crippen LogP contribution in [0.5, 0.6) is 0 Å². The van der Waals surface area contributed by atoms with Gasteiger partial charge in [-0.25, -0.2) is 0 Å². The lowest BCUT2D eigenvalue weighted by molar-refractivity contribution is -0.141. The zero-order chi connectivity index (χ0) is 11.6. The highest BCUT2D eigenvalue weighted by Crippen LogP contribution is 2.43. The van der Waals surface area contributed by atoms with Crippen LogP contribution >= 0.6 is 0 Å². The van der Waals surface area contributed by atoms with Gasteiger partial charge in [0.1, 0.15) is 11.6 Å². The van der Waals surface area contributed by atoms with Crippen molar-refractivity contribution in [3.05, 3.63) is 0 Å². The zero-order valence-corrected chi connectivity index (χ0v) is 10.3. The topological polar surface area (TPSA) is 34.1 Å². The van der Waals surface area contributed by atoms with Gasteiger partial charge in [-0.1, -0.05) is 27.7 Å². The largest absolute Gasteiger partial charge is 0.299 e. The molecule has 0 aliphatic heterocycles. The van der Waals surface area contributed by atoms with Gasteiger partial charge in [0, 0.05) is 24.7 Å². The molecule has 0 aromatic rings. The van der Waals surface area contributed by atoms with Crippen LogP contribution < -0.4 is 0 Å². The van der Waals surface area contributed by atoms with Crippen molar-refractivity contribution >= 4 is 11.6 Å². The fraction of sp³-hybridized carbons (Fsp3) is 0.846.